The topological polar surface area (TPSA) is 64.6 Å². The fourth-order valence-corrected chi connectivity index (χ4v) is 5.69. The maximum atomic E-state index is 14.7. The Kier molecular flexibility index (Phi) is 9.32. The standard InChI is InChI=1S/C32H30BrF4NO4/c33-23-11-8-21(9-12-23)25-15-24(41-17-20-6-7-20)16-26(29(25)31(40)42-18-19-4-2-1-3-5-19)30(39)38-28-13-10-22(14-27(28)34)32(35,36)37/h1-5,8-14,20,24-26,29H,6-7,15-18H2,(H,38,39)/t24-,25-,26-,29-/m1/s1. The second-order valence-electron chi connectivity index (χ2n) is 10.9. The molecule has 0 heterocycles. The number of amides is 1. The SMILES string of the molecule is O=C(OCc1ccccc1)[C@@H]1[C@@H](c2ccc(Br)cc2)C[C@@H](OCC2CC2)C[C@H]1C(=O)Nc1ccc(C(F)(F)F)cc1F. The van der Waals surface area contributed by atoms with E-state index in [1.54, 1.807) is 0 Å². The zero-order valence-corrected chi connectivity index (χ0v) is 24.2. The molecule has 10 heteroatoms. The van der Waals surface area contributed by atoms with Gasteiger partial charge < -0.3 is 14.8 Å². The van der Waals surface area contributed by atoms with Gasteiger partial charge in [0.25, 0.3) is 0 Å². The van der Waals surface area contributed by atoms with Crippen LogP contribution in [0.1, 0.15) is 48.3 Å². The summed E-state index contributed by atoms with van der Waals surface area (Å²) in [5.74, 6) is -4.39. The Morgan fingerprint density at radius 2 is 1.67 bits per heavy atom. The zero-order chi connectivity index (χ0) is 29.9. The number of halogens is 5. The van der Waals surface area contributed by atoms with Gasteiger partial charge in [-0.2, -0.15) is 13.2 Å². The number of rotatable bonds is 9. The predicted molar refractivity (Wildman–Crippen MR) is 152 cm³/mol. The van der Waals surface area contributed by atoms with Crippen LogP contribution in [0.4, 0.5) is 23.2 Å². The monoisotopic (exact) mass is 647 g/mol. The van der Waals surface area contributed by atoms with E-state index >= 15 is 0 Å². The normalized spacial score (nSPS) is 22.4. The van der Waals surface area contributed by atoms with E-state index in [9.17, 15) is 27.2 Å². The third-order valence-electron chi connectivity index (χ3n) is 7.85. The highest BCUT2D eigenvalue weighted by molar-refractivity contribution is 9.10. The van der Waals surface area contributed by atoms with Crippen LogP contribution >= 0.6 is 15.9 Å². The van der Waals surface area contributed by atoms with E-state index in [1.807, 2.05) is 54.6 Å². The maximum absolute atomic E-state index is 14.7. The van der Waals surface area contributed by atoms with E-state index in [-0.39, 0.29) is 19.1 Å². The quantitative estimate of drug-likeness (QED) is 0.189. The lowest BCUT2D eigenvalue weighted by Crippen LogP contribution is -2.45. The number of carbonyl (C=O) groups excluding carboxylic acids is 2. The molecule has 2 aliphatic rings. The molecule has 4 atom stereocenters. The van der Waals surface area contributed by atoms with Crippen LogP contribution in [0.2, 0.25) is 0 Å². The lowest BCUT2D eigenvalue weighted by molar-refractivity contribution is -0.159. The molecule has 3 aromatic carbocycles. The molecule has 0 aromatic heterocycles. The Morgan fingerprint density at radius 1 is 0.952 bits per heavy atom. The number of ether oxygens (including phenoxy) is 2. The van der Waals surface area contributed by atoms with Crippen LogP contribution in [0.15, 0.2) is 77.3 Å². The fraction of sp³-hybridized carbons (Fsp3) is 0.375. The van der Waals surface area contributed by atoms with E-state index in [0.717, 1.165) is 34.5 Å². The molecule has 1 amide bonds. The van der Waals surface area contributed by atoms with Crippen molar-refractivity contribution in [2.75, 3.05) is 11.9 Å². The number of nitrogens with one attached hydrogen (secondary N) is 1. The largest absolute Gasteiger partial charge is 0.461 e. The number of benzene rings is 3. The molecule has 2 fully saturated rings. The second kappa shape index (κ2) is 13.0. The van der Waals surface area contributed by atoms with Gasteiger partial charge in [-0.1, -0.05) is 58.4 Å². The Labute approximate surface area is 249 Å². The summed E-state index contributed by atoms with van der Waals surface area (Å²) in [7, 11) is 0. The number of carbonyl (C=O) groups is 2. The Hall–Kier alpha value is -3.24. The van der Waals surface area contributed by atoms with Crippen LogP contribution in [0.3, 0.4) is 0 Å². The van der Waals surface area contributed by atoms with Crippen molar-refractivity contribution in [3.8, 4) is 0 Å². The summed E-state index contributed by atoms with van der Waals surface area (Å²) >= 11 is 3.43. The molecule has 3 aromatic rings. The summed E-state index contributed by atoms with van der Waals surface area (Å²) in [5.41, 5.74) is 0.0332. The van der Waals surface area contributed by atoms with Gasteiger partial charge in [0.2, 0.25) is 5.91 Å². The highest BCUT2D eigenvalue weighted by Gasteiger charge is 2.47. The van der Waals surface area contributed by atoms with Crippen LogP contribution in [0, 0.1) is 23.6 Å². The third kappa shape index (κ3) is 7.58. The molecule has 0 saturated heterocycles. The summed E-state index contributed by atoms with van der Waals surface area (Å²) in [6, 6.07) is 18.5. The lowest BCUT2D eigenvalue weighted by atomic mass is 9.67. The minimum Gasteiger partial charge on any atom is -0.461 e. The van der Waals surface area contributed by atoms with Crippen molar-refractivity contribution >= 4 is 33.5 Å². The Balaban J connectivity index is 1.45. The van der Waals surface area contributed by atoms with Crippen LogP contribution in [-0.4, -0.2) is 24.6 Å². The number of hydrogen-bond donors (Lipinski definition) is 1. The first kappa shape index (κ1) is 30.2. The van der Waals surface area contributed by atoms with Gasteiger partial charge in [0.1, 0.15) is 12.4 Å². The molecule has 2 saturated carbocycles. The van der Waals surface area contributed by atoms with E-state index in [2.05, 4.69) is 21.2 Å². The summed E-state index contributed by atoms with van der Waals surface area (Å²) in [6.07, 6.45) is -2.28. The molecular weight excluding hydrogens is 618 g/mol. The molecule has 5 rings (SSSR count). The average Bonchev–Trinajstić information content (AvgIpc) is 3.80. The summed E-state index contributed by atoms with van der Waals surface area (Å²) in [5, 5.41) is 2.44. The van der Waals surface area contributed by atoms with Crippen molar-refractivity contribution in [1.82, 2.24) is 0 Å². The van der Waals surface area contributed by atoms with Gasteiger partial charge in [-0.3, -0.25) is 9.59 Å². The average molecular weight is 648 g/mol. The highest BCUT2D eigenvalue weighted by Crippen LogP contribution is 2.45. The van der Waals surface area contributed by atoms with Gasteiger partial charge >= 0.3 is 12.1 Å². The molecule has 5 nitrogen and oxygen atoms in total. The molecule has 0 spiro atoms. The number of alkyl halides is 3. The van der Waals surface area contributed by atoms with Crippen LogP contribution in [0.5, 0.6) is 0 Å². The van der Waals surface area contributed by atoms with Crippen molar-refractivity contribution in [1.29, 1.82) is 0 Å². The molecule has 0 unspecified atom stereocenters. The number of hydrogen-bond acceptors (Lipinski definition) is 4. The Morgan fingerprint density at radius 3 is 2.31 bits per heavy atom. The maximum Gasteiger partial charge on any atom is 0.416 e. The summed E-state index contributed by atoms with van der Waals surface area (Å²) in [4.78, 5) is 27.5. The molecule has 0 radical (unpaired) electrons. The second-order valence-corrected chi connectivity index (χ2v) is 11.9. The molecule has 2 aliphatic carbocycles. The van der Waals surface area contributed by atoms with Gasteiger partial charge in [0, 0.05) is 17.0 Å². The van der Waals surface area contributed by atoms with Crippen LogP contribution < -0.4 is 5.32 Å². The van der Waals surface area contributed by atoms with Gasteiger partial charge in [-0.05, 0) is 73.1 Å². The molecular formula is C32H30BrF4NO4. The van der Waals surface area contributed by atoms with Crippen molar-refractivity contribution in [2.24, 2.45) is 17.8 Å². The van der Waals surface area contributed by atoms with E-state index in [4.69, 9.17) is 9.47 Å². The first-order valence-electron chi connectivity index (χ1n) is 13.8. The highest BCUT2D eigenvalue weighted by atomic mass is 79.9. The fourth-order valence-electron chi connectivity index (χ4n) is 5.42. The first-order valence-corrected chi connectivity index (χ1v) is 14.6. The lowest BCUT2D eigenvalue weighted by Gasteiger charge is -2.40. The molecule has 0 aliphatic heterocycles. The first-order chi connectivity index (χ1) is 20.1. The number of esters is 1. The van der Waals surface area contributed by atoms with Crippen LogP contribution in [0.25, 0.3) is 0 Å². The minimum atomic E-state index is -4.73. The summed E-state index contributed by atoms with van der Waals surface area (Å²) in [6.45, 7) is 0.551. The van der Waals surface area contributed by atoms with Crippen molar-refractivity contribution in [2.45, 2.75) is 50.5 Å². The molecule has 1 N–H and O–H groups in total. The smallest absolute Gasteiger partial charge is 0.416 e. The zero-order valence-electron chi connectivity index (χ0n) is 22.6. The summed E-state index contributed by atoms with van der Waals surface area (Å²) < 4.78 is 66.7. The van der Waals surface area contributed by atoms with Crippen LogP contribution in [-0.2, 0) is 31.8 Å². The van der Waals surface area contributed by atoms with Gasteiger partial charge in [0.05, 0.1) is 29.2 Å². The van der Waals surface area contributed by atoms with Gasteiger partial charge in [-0.15, -0.1) is 0 Å². The van der Waals surface area contributed by atoms with E-state index in [1.165, 1.54) is 0 Å². The Bertz CT molecular complexity index is 1400. The number of anilines is 1. The molecule has 0 bridgehead atoms. The molecule has 222 valence electrons. The van der Waals surface area contributed by atoms with Crippen molar-refractivity contribution in [3.63, 3.8) is 0 Å². The van der Waals surface area contributed by atoms with Crippen molar-refractivity contribution in [3.05, 3.63) is 99.8 Å². The van der Waals surface area contributed by atoms with E-state index in [0.29, 0.717) is 31.1 Å². The van der Waals surface area contributed by atoms with Crippen molar-refractivity contribution < 1.29 is 36.6 Å². The van der Waals surface area contributed by atoms with Gasteiger partial charge in [0.15, 0.2) is 0 Å². The third-order valence-corrected chi connectivity index (χ3v) is 8.38. The molecule has 42 heavy (non-hydrogen) atoms. The minimum absolute atomic E-state index is 0.00666. The van der Waals surface area contributed by atoms with Gasteiger partial charge in [-0.25, -0.2) is 4.39 Å². The van der Waals surface area contributed by atoms with E-state index < -0.39 is 52.9 Å². The predicted octanol–water partition coefficient (Wildman–Crippen LogP) is 7.89.